The molecule has 1 aliphatic carbocycles. The Balaban J connectivity index is 2.37. The molecule has 0 nitrogen and oxygen atoms in total. The van der Waals surface area contributed by atoms with E-state index in [1.54, 1.807) is 0 Å². The van der Waals surface area contributed by atoms with Crippen LogP contribution in [0.25, 0.3) is 0 Å². The first-order valence-electron chi connectivity index (χ1n) is 7.24. The van der Waals surface area contributed by atoms with Gasteiger partial charge in [0.05, 0.1) is 0 Å². The molecule has 0 saturated heterocycles. The van der Waals surface area contributed by atoms with Crippen LogP contribution in [-0.2, 0) is 6.42 Å². The van der Waals surface area contributed by atoms with E-state index >= 15 is 0 Å². The lowest BCUT2D eigenvalue weighted by Crippen LogP contribution is -2.37. The molecule has 2 rings (SSSR count). The highest BCUT2D eigenvalue weighted by atomic mass is 14.4. The molecule has 1 unspecified atom stereocenters. The van der Waals surface area contributed by atoms with Crippen LogP contribution in [0.3, 0.4) is 0 Å². The molecule has 1 aliphatic rings. The summed E-state index contributed by atoms with van der Waals surface area (Å²) in [5, 5.41) is 0. The molecule has 102 valence electrons. The monoisotopic (exact) mass is 254 g/mol. The van der Waals surface area contributed by atoms with Crippen LogP contribution < -0.4 is 0 Å². The van der Waals surface area contributed by atoms with Crippen molar-refractivity contribution in [2.45, 2.75) is 47.5 Å². The minimum absolute atomic E-state index is 0.234. The molecule has 0 fully saturated rings. The van der Waals surface area contributed by atoms with Gasteiger partial charge in [-0.1, -0.05) is 74.4 Å². The van der Waals surface area contributed by atoms with E-state index in [2.05, 4.69) is 77.1 Å². The van der Waals surface area contributed by atoms with Gasteiger partial charge < -0.3 is 0 Å². The maximum atomic E-state index is 2.46. The van der Waals surface area contributed by atoms with E-state index < -0.39 is 0 Å². The van der Waals surface area contributed by atoms with E-state index in [1.165, 1.54) is 23.1 Å². The summed E-state index contributed by atoms with van der Waals surface area (Å²) in [6.45, 7) is 11.6. The Morgan fingerprint density at radius 2 is 1.68 bits per heavy atom. The lowest BCUT2D eigenvalue weighted by molar-refractivity contribution is 0.141. The summed E-state index contributed by atoms with van der Waals surface area (Å²) < 4.78 is 0. The summed E-state index contributed by atoms with van der Waals surface area (Å²) in [6, 6.07) is 10.9. The van der Waals surface area contributed by atoms with Gasteiger partial charge in [-0.25, -0.2) is 0 Å². The molecule has 0 bridgehead atoms. The van der Waals surface area contributed by atoms with Crippen LogP contribution in [0.1, 0.15) is 46.6 Å². The molecule has 0 aliphatic heterocycles. The Labute approximate surface area is 118 Å². The van der Waals surface area contributed by atoms with E-state index in [0.29, 0.717) is 0 Å². The molecule has 0 spiro atoms. The van der Waals surface area contributed by atoms with Gasteiger partial charge in [0.1, 0.15) is 0 Å². The summed E-state index contributed by atoms with van der Waals surface area (Å²) in [6.07, 6.45) is 7.08. The smallest absolute Gasteiger partial charge is 0.00110 e. The third-order valence-electron chi connectivity index (χ3n) is 4.76. The van der Waals surface area contributed by atoms with Crippen molar-refractivity contribution in [3.63, 3.8) is 0 Å². The van der Waals surface area contributed by atoms with E-state index in [-0.39, 0.29) is 10.8 Å². The molecule has 0 radical (unpaired) electrons. The first-order chi connectivity index (χ1) is 8.84. The highest BCUT2D eigenvalue weighted by Crippen LogP contribution is 2.49. The first kappa shape index (κ1) is 14.1. The van der Waals surface area contributed by atoms with Crippen molar-refractivity contribution in [3.8, 4) is 0 Å². The van der Waals surface area contributed by atoms with Crippen LogP contribution >= 0.6 is 0 Å². The fourth-order valence-corrected chi connectivity index (χ4v) is 2.96. The summed E-state index contributed by atoms with van der Waals surface area (Å²) in [4.78, 5) is 0. The summed E-state index contributed by atoms with van der Waals surface area (Å²) in [5.74, 6) is 0. The van der Waals surface area contributed by atoms with Crippen LogP contribution in [0.15, 0.2) is 53.6 Å². The van der Waals surface area contributed by atoms with Gasteiger partial charge in [-0.05, 0) is 37.7 Å². The molecular formula is C19H26. The van der Waals surface area contributed by atoms with Gasteiger partial charge in [0, 0.05) is 5.41 Å². The maximum Gasteiger partial charge on any atom is 0.00110 e. The van der Waals surface area contributed by atoms with Crippen LogP contribution in [0.2, 0.25) is 0 Å². The van der Waals surface area contributed by atoms with Crippen molar-refractivity contribution in [3.05, 3.63) is 59.2 Å². The zero-order valence-corrected chi connectivity index (χ0v) is 13.0. The van der Waals surface area contributed by atoms with Crippen LogP contribution in [0, 0.1) is 10.8 Å². The second-order valence-corrected chi connectivity index (χ2v) is 7.04. The molecule has 1 atom stereocenters. The third kappa shape index (κ3) is 2.83. The summed E-state index contributed by atoms with van der Waals surface area (Å²) in [7, 11) is 0. The van der Waals surface area contributed by atoms with Crippen molar-refractivity contribution in [2.75, 3.05) is 0 Å². The Bertz CT molecular complexity index is 497. The number of rotatable bonds is 2. The van der Waals surface area contributed by atoms with Crippen molar-refractivity contribution >= 4 is 0 Å². The van der Waals surface area contributed by atoms with E-state index in [0.717, 1.165) is 6.42 Å². The minimum atomic E-state index is 0.234. The molecule has 0 N–H and O–H groups in total. The molecule has 0 amide bonds. The SMILES string of the molecule is CC1=C(C)CC(Cc2ccccc2)(C(C)(C)C)C=C1. The van der Waals surface area contributed by atoms with Gasteiger partial charge in [-0.15, -0.1) is 0 Å². The van der Waals surface area contributed by atoms with Gasteiger partial charge in [-0.2, -0.15) is 0 Å². The molecule has 0 saturated carbocycles. The Morgan fingerprint density at radius 1 is 1.05 bits per heavy atom. The lowest BCUT2D eigenvalue weighted by Gasteiger charge is -2.45. The third-order valence-corrected chi connectivity index (χ3v) is 4.76. The average molecular weight is 254 g/mol. The Kier molecular flexibility index (Phi) is 3.71. The van der Waals surface area contributed by atoms with Gasteiger partial charge in [0.2, 0.25) is 0 Å². The highest BCUT2D eigenvalue weighted by molar-refractivity contribution is 5.34. The predicted octanol–water partition coefficient (Wildman–Crippen LogP) is 5.56. The van der Waals surface area contributed by atoms with E-state index in [9.17, 15) is 0 Å². The van der Waals surface area contributed by atoms with Gasteiger partial charge in [0.15, 0.2) is 0 Å². The molecular weight excluding hydrogens is 228 g/mol. The largest absolute Gasteiger partial charge is 0.0769 e. The van der Waals surface area contributed by atoms with Gasteiger partial charge >= 0.3 is 0 Å². The molecule has 19 heavy (non-hydrogen) atoms. The predicted molar refractivity (Wildman–Crippen MR) is 84.2 cm³/mol. The molecule has 0 aromatic heterocycles. The second-order valence-electron chi connectivity index (χ2n) is 7.04. The zero-order valence-electron chi connectivity index (χ0n) is 13.0. The van der Waals surface area contributed by atoms with Crippen molar-refractivity contribution in [1.82, 2.24) is 0 Å². The van der Waals surface area contributed by atoms with Crippen molar-refractivity contribution in [1.29, 1.82) is 0 Å². The number of benzene rings is 1. The van der Waals surface area contributed by atoms with E-state index in [1.807, 2.05) is 0 Å². The van der Waals surface area contributed by atoms with Crippen LogP contribution in [0.4, 0.5) is 0 Å². The lowest BCUT2D eigenvalue weighted by atomic mass is 9.59. The first-order valence-corrected chi connectivity index (χ1v) is 7.24. The van der Waals surface area contributed by atoms with Crippen LogP contribution in [0.5, 0.6) is 0 Å². The minimum Gasteiger partial charge on any atom is -0.0769 e. The fraction of sp³-hybridized carbons (Fsp3) is 0.474. The van der Waals surface area contributed by atoms with Crippen molar-refractivity contribution < 1.29 is 0 Å². The summed E-state index contributed by atoms with van der Waals surface area (Å²) in [5.41, 5.74) is 4.91. The van der Waals surface area contributed by atoms with E-state index in [4.69, 9.17) is 0 Å². The summed E-state index contributed by atoms with van der Waals surface area (Å²) >= 11 is 0. The maximum absolute atomic E-state index is 2.46. The Hall–Kier alpha value is -1.30. The average Bonchev–Trinajstić information content (AvgIpc) is 2.34. The number of allylic oxidation sites excluding steroid dienone is 4. The quantitative estimate of drug-likeness (QED) is 0.648. The standard InChI is InChI=1S/C19H26/c1-15-11-12-19(13-16(15)2,18(3,4)5)14-17-9-7-6-8-10-17/h6-12H,13-14H2,1-5H3. The Morgan fingerprint density at radius 3 is 2.21 bits per heavy atom. The number of hydrogen-bond donors (Lipinski definition) is 0. The fourth-order valence-electron chi connectivity index (χ4n) is 2.96. The normalized spacial score (nSPS) is 23.8. The zero-order chi connectivity index (χ0) is 14.1. The van der Waals surface area contributed by atoms with Crippen LogP contribution in [-0.4, -0.2) is 0 Å². The molecule has 0 heteroatoms. The van der Waals surface area contributed by atoms with Crippen molar-refractivity contribution in [2.24, 2.45) is 10.8 Å². The molecule has 1 aromatic carbocycles. The number of hydrogen-bond acceptors (Lipinski definition) is 0. The molecule has 0 heterocycles. The molecule has 1 aromatic rings. The van der Waals surface area contributed by atoms with Gasteiger partial charge in [-0.3, -0.25) is 0 Å². The second kappa shape index (κ2) is 5.00. The highest BCUT2D eigenvalue weighted by Gasteiger charge is 2.41. The van der Waals surface area contributed by atoms with Gasteiger partial charge in [0.25, 0.3) is 0 Å². The topological polar surface area (TPSA) is 0 Å².